The molecule has 0 atom stereocenters. The lowest BCUT2D eigenvalue weighted by atomic mass is 10.1. The van der Waals surface area contributed by atoms with E-state index >= 15 is 0 Å². The lowest BCUT2D eigenvalue weighted by molar-refractivity contribution is 0.100. The van der Waals surface area contributed by atoms with E-state index in [4.69, 9.17) is 9.47 Å². The molecule has 1 amide bonds. The number of aliphatic imine (C=N–C) groups is 1. The number of hydrogen-bond donors (Lipinski definition) is 1. The van der Waals surface area contributed by atoms with Gasteiger partial charge >= 0.3 is 0 Å². The van der Waals surface area contributed by atoms with Crippen LogP contribution in [0.5, 0.6) is 11.5 Å². The van der Waals surface area contributed by atoms with Gasteiger partial charge in [-0.15, -0.1) is 0 Å². The molecule has 0 saturated heterocycles. The largest absolute Gasteiger partial charge is 0.493 e. The van der Waals surface area contributed by atoms with Crippen LogP contribution in [-0.2, 0) is 6.42 Å². The SMILES string of the molecule is COc1ccc(CC(=NC(=O)c2ccc(C)cc2)c2nc3ccccc3[nH]2)cc1OC. The van der Waals surface area contributed by atoms with E-state index in [9.17, 15) is 4.79 Å². The highest BCUT2D eigenvalue weighted by atomic mass is 16.5. The van der Waals surface area contributed by atoms with Crippen LogP contribution in [0, 0.1) is 6.92 Å². The second-order valence-corrected chi connectivity index (χ2v) is 7.20. The Bertz CT molecular complexity index is 1220. The first-order chi connectivity index (χ1) is 15.1. The first kappa shape index (κ1) is 20.3. The molecule has 0 bridgehead atoms. The van der Waals surface area contributed by atoms with Crippen molar-refractivity contribution < 1.29 is 14.3 Å². The summed E-state index contributed by atoms with van der Waals surface area (Å²) in [6, 6.07) is 20.8. The predicted molar refractivity (Wildman–Crippen MR) is 121 cm³/mol. The first-order valence-electron chi connectivity index (χ1n) is 9.92. The molecule has 0 radical (unpaired) electrons. The maximum Gasteiger partial charge on any atom is 0.277 e. The zero-order valence-electron chi connectivity index (χ0n) is 17.7. The fourth-order valence-corrected chi connectivity index (χ4v) is 3.33. The second kappa shape index (κ2) is 8.83. The highest BCUT2D eigenvalue weighted by molar-refractivity contribution is 6.10. The van der Waals surface area contributed by atoms with Crippen molar-refractivity contribution in [3.05, 3.63) is 89.2 Å². The second-order valence-electron chi connectivity index (χ2n) is 7.20. The number of nitrogens with one attached hydrogen (secondary N) is 1. The minimum absolute atomic E-state index is 0.309. The highest BCUT2D eigenvalue weighted by Gasteiger charge is 2.15. The summed E-state index contributed by atoms with van der Waals surface area (Å²) >= 11 is 0. The number of carbonyl (C=O) groups is 1. The molecule has 0 unspecified atom stereocenters. The summed E-state index contributed by atoms with van der Waals surface area (Å²) in [6.07, 6.45) is 0.401. The van der Waals surface area contributed by atoms with E-state index in [0.29, 0.717) is 35.0 Å². The summed E-state index contributed by atoms with van der Waals surface area (Å²) in [7, 11) is 3.19. The van der Waals surface area contributed by atoms with Gasteiger partial charge < -0.3 is 14.5 Å². The molecule has 0 aliphatic rings. The van der Waals surface area contributed by atoms with Crippen molar-refractivity contribution >= 4 is 22.7 Å². The molecule has 156 valence electrons. The minimum atomic E-state index is -0.309. The maximum absolute atomic E-state index is 12.9. The molecule has 0 aliphatic heterocycles. The third kappa shape index (κ3) is 4.48. The van der Waals surface area contributed by atoms with Crippen LogP contribution < -0.4 is 9.47 Å². The smallest absolute Gasteiger partial charge is 0.277 e. The van der Waals surface area contributed by atoms with Gasteiger partial charge in [0.15, 0.2) is 17.3 Å². The fraction of sp³-hybridized carbons (Fsp3) is 0.160. The van der Waals surface area contributed by atoms with Crippen LogP contribution in [0.1, 0.15) is 27.3 Å². The van der Waals surface area contributed by atoms with Crippen LogP contribution in [0.4, 0.5) is 0 Å². The summed E-state index contributed by atoms with van der Waals surface area (Å²) in [5, 5.41) is 0. The van der Waals surface area contributed by atoms with E-state index in [1.54, 1.807) is 26.4 Å². The number of nitrogens with zero attached hydrogens (tertiary/aromatic N) is 2. The number of rotatable bonds is 6. The number of carbonyl (C=O) groups excluding carboxylic acids is 1. The lowest BCUT2D eigenvalue weighted by Crippen LogP contribution is -2.11. The molecule has 6 nitrogen and oxygen atoms in total. The molecular formula is C25H23N3O3. The molecule has 1 aromatic heterocycles. The van der Waals surface area contributed by atoms with Crippen LogP contribution in [0.25, 0.3) is 11.0 Å². The third-order valence-electron chi connectivity index (χ3n) is 5.02. The highest BCUT2D eigenvalue weighted by Crippen LogP contribution is 2.28. The van der Waals surface area contributed by atoms with Crippen LogP contribution in [-0.4, -0.2) is 35.8 Å². The Morgan fingerprint density at radius 2 is 1.71 bits per heavy atom. The zero-order valence-corrected chi connectivity index (χ0v) is 17.7. The summed E-state index contributed by atoms with van der Waals surface area (Å²) < 4.78 is 10.7. The molecule has 4 rings (SSSR count). The average molecular weight is 413 g/mol. The van der Waals surface area contributed by atoms with Crippen LogP contribution in [0.3, 0.4) is 0 Å². The Hall–Kier alpha value is -3.93. The van der Waals surface area contributed by atoms with Crippen molar-refractivity contribution in [3.63, 3.8) is 0 Å². The van der Waals surface area contributed by atoms with Crippen molar-refractivity contribution in [3.8, 4) is 11.5 Å². The fourth-order valence-electron chi connectivity index (χ4n) is 3.33. The van der Waals surface area contributed by atoms with Gasteiger partial charge in [-0.3, -0.25) is 4.79 Å². The molecule has 6 heteroatoms. The molecule has 0 fully saturated rings. The number of hydrogen-bond acceptors (Lipinski definition) is 4. The Morgan fingerprint density at radius 1 is 0.968 bits per heavy atom. The van der Waals surface area contributed by atoms with Gasteiger partial charge in [-0.25, -0.2) is 9.98 Å². The molecule has 31 heavy (non-hydrogen) atoms. The number of imidazole rings is 1. The Morgan fingerprint density at radius 3 is 2.42 bits per heavy atom. The van der Waals surface area contributed by atoms with Crippen LogP contribution in [0.2, 0.25) is 0 Å². The molecule has 3 aromatic carbocycles. The van der Waals surface area contributed by atoms with E-state index in [1.165, 1.54) is 0 Å². The average Bonchev–Trinajstić information content (AvgIpc) is 3.23. The van der Waals surface area contributed by atoms with Gasteiger partial charge in [0.1, 0.15) is 0 Å². The van der Waals surface area contributed by atoms with Crippen molar-refractivity contribution in [1.29, 1.82) is 0 Å². The number of ether oxygens (including phenoxy) is 2. The van der Waals surface area contributed by atoms with E-state index in [0.717, 1.165) is 22.2 Å². The van der Waals surface area contributed by atoms with Gasteiger partial charge in [0, 0.05) is 12.0 Å². The quantitative estimate of drug-likeness (QED) is 0.462. The zero-order chi connectivity index (χ0) is 21.8. The monoisotopic (exact) mass is 413 g/mol. The van der Waals surface area contributed by atoms with E-state index in [1.807, 2.05) is 61.5 Å². The van der Waals surface area contributed by atoms with Crippen LogP contribution in [0.15, 0.2) is 71.7 Å². The number of methoxy groups -OCH3 is 2. The third-order valence-corrected chi connectivity index (χ3v) is 5.02. The number of amides is 1. The molecule has 0 spiro atoms. The number of fused-ring (bicyclic) bond motifs is 1. The number of benzene rings is 3. The normalized spacial score (nSPS) is 11.5. The Balaban J connectivity index is 1.75. The van der Waals surface area contributed by atoms with Gasteiger partial charge in [-0.1, -0.05) is 35.9 Å². The number of aromatic nitrogens is 2. The lowest BCUT2D eigenvalue weighted by Gasteiger charge is -2.10. The number of aromatic amines is 1. The van der Waals surface area contributed by atoms with Gasteiger partial charge in [0.2, 0.25) is 0 Å². The predicted octanol–water partition coefficient (Wildman–Crippen LogP) is 4.76. The number of aryl methyl sites for hydroxylation is 1. The maximum atomic E-state index is 12.9. The van der Waals surface area contributed by atoms with Gasteiger partial charge in [-0.2, -0.15) is 0 Å². The Labute approximate surface area is 180 Å². The van der Waals surface area contributed by atoms with Crippen molar-refractivity contribution in [2.24, 2.45) is 4.99 Å². The van der Waals surface area contributed by atoms with Gasteiger partial charge in [0.05, 0.1) is 31.0 Å². The van der Waals surface area contributed by atoms with Crippen molar-refractivity contribution in [2.45, 2.75) is 13.3 Å². The van der Waals surface area contributed by atoms with Gasteiger partial charge in [-0.05, 0) is 48.9 Å². The van der Waals surface area contributed by atoms with E-state index in [2.05, 4.69) is 15.0 Å². The topological polar surface area (TPSA) is 76.6 Å². The first-order valence-corrected chi connectivity index (χ1v) is 9.92. The van der Waals surface area contributed by atoms with Crippen molar-refractivity contribution in [1.82, 2.24) is 9.97 Å². The van der Waals surface area contributed by atoms with Crippen molar-refractivity contribution in [2.75, 3.05) is 14.2 Å². The molecule has 4 aromatic rings. The standard InChI is InChI=1S/C25H23N3O3/c1-16-8-11-18(12-9-16)25(29)28-21(24-26-19-6-4-5-7-20(19)27-24)14-17-10-13-22(30-2)23(15-17)31-3/h4-13,15H,14H2,1-3H3,(H,26,27). The Kier molecular flexibility index (Phi) is 5.80. The summed E-state index contributed by atoms with van der Waals surface area (Å²) in [6.45, 7) is 1.98. The number of para-hydroxylation sites is 2. The van der Waals surface area contributed by atoms with E-state index in [-0.39, 0.29) is 5.91 Å². The molecule has 1 heterocycles. The van der Waals surface area contributed by atoms with Crippen LogP contribution >= 0.6 is 0 Å². The number of H-pyrrole nitrogens is 1. The minimum Gasteiger partial charge on any atom is -0.493 e. The summed E-state index contributed by atoms with van der Waals surface area (Å²) in [5.74, 6) is 1.52. The van der Waals surface area contributed by atoms with E-state index < -0.39 is 0 Å². The summed E-state index contributed by atoms with van der Waals surface area (Å²) in [4.78, 5) is 25.3. The molecule has 0 aliphatic carbocycles. The molecule has 0 saturated carbocycles. The van der Waals surface area contributed by atoms with Gasteiger partial charge in [0.25, 0.3) is 5.91 Å². The molecule has 1 N–H and O–H groups in total. The molecular weight excluding hydrogens is 390 g/mol. The summed E-state index contributed by atoms with van der Waals surface area (Å²) in [5.41, 5.74) is 4.80.